The Kier molecular flexibility index (Phi) is 7.52. The van der Waals surface area contributed by atoms with Crippen LogP contribution in [0.3, 0.4) is 0 Å². The molecule has 1 aliphatic carbocycles. The highest BCUT2D eigenvalue weighted by Crippen LogP contribution is 2.26. The maximum Gasteiger partial charge on any atom is 0.303 e. The van der Waals surface area contributed by atoms with Gasteiger partial charge in [0.15, 0.2) is 5.78 Å². The molecule has 1 unspecified atom stereocenters. The molecule has 5 heteroatoms. The van der Waals surface area contributed by atoms with Crippen molar-refractivity contribution in [2.75, 3.05) is 12.4 Å². The van der Waals surface area contributed by atoms with E-state index in [-0.39, 0.29) is 24.1 Å². The van der Waals surface area contributed by atoms with Crippen molar-refractivity contribution in [2.45, 2.75) is 37.4 Å². The highest BCUT2D eigenvalue weighted by atomic mass is 32.2. The number of carbonyl (C=O) groups is 2. The number of hydrogen-bond acceptors (Lipinski definition) is 4. The maximum absolute atomic E-state index is 11.7. The van der Waals surface area contributed by atoms with Gasteiger partial charge in [-0.3, -0.25) is 9.59 Å². The van der Waals surface area contributed by atoms with E-state index in [1.54, 1.807) is 11.8 Å². The molecule has 1 rings (SSSR count). The van der Waals surface area contributed by atoms with Crippen LogP contribution >= 0.6 is 11.8 Å². The molecular weight excluding hydrogens is 264 g/mol. The van der Waals surface area contributed by atoms with Crippen LogP contribution in [0.15, 0.2) is 23.8 Å². The summed E-state index contributed by atoms with van der Waals surface area (Å²) in [5.74, 6) is 0.0410. The summed E-state index contributed by atoms with van der Waals surface area (Å²) < 4.78 is 0. The fourth-order valence-electron chi connectivity index (χ4n) is 1.86. The van der Waals surface area contributed by atoms with Gasteiger partial charge in [0.1, 0.15) is 0 Å². The third kappa shape index (κ3) is 6.59. The standard InChI is InChI=1S/C14H20O4S/c15-7-8-19-12-9-11(13(16)10-12)5-3-1-2-4-6-14(17)18/h3,5,9,12,15H,1-2,4,6-8,10H2,(H,17,18)/b5-3-. The minimum Gasteiger partial charge on any atom is -0.481 e. The molecule has 0 fully saturated rings. The molecule has 1 aliphatic rings. The SMILES string of the molecule is O=C(O)CCCC/C=C\C1=CC(SCCO)CC1=O. The number of hydrogen-bond donors (Lipinski definition) is 2. The summed E-state index contributed by atoms with van der Waals surface area (Å²) in [5.41, 5.74) is 0.744. The summed E-state index contributed by atoms with van der Waals surface area (Å²) >= 11 is 1.60. The van der Waals surface area contributed by atoms with E-state index in [0.29, 0.717) is 18.6 Å². The number of unbranched alkanes of at least 4 members (excludes halogenated alkanes) is 2. The monoisotopic (exact) mass is 284 g/mol. The number of allylic oxidation sites excluding steroid dienone is 3. The Hall–Kier alpha value is -1.07. The van der Waals surface area contributed by atoms with Crippen molar-refractivity contribution >= 4 is 23.5 Å². The fraction of sp³-hybridized carbons (Fsp3) is 0.571. The van der Waals surface area contributed by atoms with Crippen LogP contribution in [-0.4, -0.2) is 39.6 Å². The number of carbonyl (C=O) groups excluding carboxylic acids is 1. The molecule has 106 valence electrons. The Morgan fingerprint density at radius 2 is 2.26 bits per heavy atom. The van der Waals surface area contributed by atoms with Gasteiger partial charge in [-0.2, -0.15) is 11.8 Å². The molecule has 0 saturated heterocycles. The van der Waals surface area contributed by atoms with Crippen molar-refractivity contribution in [3.8, 4) is 0 Å². The number of aliphatic carboxylic acids is 1. The van der Waals surface area contributed by atoms with Crippen molar-refractivity contribution < 1.29 is 19.8 Å². The second kappa shape index (κ2) is 8.93. The van der Waals surface area contributed by atoms with Gasteiger partial charge in [-0.05, 0) is 19.3 Å². The Bertz CT molecular complexity index is 374. The first-order valence-electron chi connectivity index (χ1n) is 6.49. The zero-order valence-corrected chi connectivity index (χ0v) is 11.7. The predicted molar refractivity (Wildman–Crippen MR) is 76.3 cm³/mol. The van der Waals surface area contributed by atoms with Crippen molar-refractivity contribution in [2.24, 2.45) is 0 Å². The van der Waals surface area contributed by atoms with Gasteiger partial charge in [0.2, 0.25) is 0 Å². The lowest BCUT2D eigenvalue weighted by atomic mass is 10.1. The first kappa shape index (κ1) is 16.0. The minimum atomic E-state index is -0.763. The molecule has 0 aromatic rings. The first-order valence-corrected chi connectivity index (χ1v) is 7.54. The topological polar surface area (TPSA) is 74.6 Å². The molecule has 1 atom stereocenters. The van der Waals surface area contributed by atoms with Crippen LogP contribution in [0.1, 0.15) is 32.1 Å². The Balaban J connectivity index is 2.26. The Labute approximate surface area is 117 Å². The van der Waals surface area contributed by atoms with Crippen LogP contribution in [0.25, 0.3) is 0 Å². The van der Waals surface area contributed by atoms with Crippen molar-refractivity contribution in [1.82, 2.24) is 0 Å². The second-order valence-corrected chi connectivity index (χ2v) is 5.77. The van der Waals surface area contributed by atoms with E-state index in [1.807, 2.05) is 18.2 Å². The summed E-state index contributed by atoms with van der Waals surface area (Å²) in [6, 6.07) is 0. The number of Topliss-reactive ketones (excluding diaryl/α,β-unsaturated/α-hetero) is 1. The average Bonchev–Trinajstić information content (AvgIpc) is 2.71. The number of thioether (sulfide) groups is 1. The summed E-state index contributed by atoms with van der Waals surface area (Å²) in [7, 11) is 0. The van der Waals surface area contributed by atoms with Crippen LogP contribution < -0.4 is 0 Å². The number of aliphatic hydroxyl groups is 1. The van der Waals surface area contributed by atoms with Gasteiger partial charge in [0, 0.05) is 29.4 Å². The molecule has 0 aromatic heterocycles. The van der Waals surface area contributed by atoms with Gasteiger partial charge in [-0.1, -0.05) is 18.2 Å². The van der Waals surface area contributed by atoms with Gasteiger partial charge in [-0.15, -0.1) is 0 Å². The predicted octanol–water partition coefficient (Wildman–Crippen LogP) is 2.18. The zero-order chi connectivity index (χ0) is 14.1. The fourth-order valence-corrected chi connectivity index (χ4v) is 2.78. The van der Waals surface area contributed by atoms with E-state index in [9.17, 15) is 9.59 Å². The van der Waals surface area contributed by atoms with E-state index >= 15 is 0 Å². The molecule has 19 heavy (non-hydrogen) atoms. The molecule has 0 spiro atoms. The molecule has 4 nitrogen and oxygen atoms in total. The van der Waals surface area contributed by atoms with Crippen LogP contribution in [0.2, 0.25) is 0 Å². The molecule has 0 saturated carbocycles. The first-order chi connectivity index (χ1) is 9.13. The Morgan fingerprint density at radius 1 is 1.47 bits per heavy atom. The third-order valence-electron chi connectivity index (χ3n) is 2.81. The van der Waals surface area contributed by atoms with Crippen LogP contribution in [-0.2, 0) is 9.59 Å². The van der Waals surface area contributed by atoms with Crippen molar-refractivity contribution in [3.05, 3.63) is 23.8 Å². The molecule has 0 heterocycles. The minimum absolute atomic E-state index is 0.137. The van der Waals surface area contributed by atoms with Gasteiger partial charge in [0.25, 0.3) is 0 Å². The van der Waals surface area contributed by atoms with Crippen molar-refractivity contribution in [3.63, 3.8) is 0 Å². The van der Waals surface area contributed by atoms with E-state index in [1.165, 1.54) is 0 Å². The maximum atomic E-state index is 11.7. The average molecular weight is 284 g/mol. The van der Waals surface area contributed by atoms with E-state index < -0.39 is 5.97 Å². The Morgan fingerprint density at radius 3 is 2.95 bits per heavy atom. The molecule has 0 aromatic carbocycles. The number of rotatable bonds is 9. The number of ketones is 1. The summed E-state index contributed by atoms with van der Waals surface area (Å²) in [4.78, 5) is 22.0. The van der Waals surface area contributed by atoms with Gasteiger partial charge in [0.05, 0.1) is 6.61 Å². The largest absolute Gasteiger partial charge is 0.481 e. The van der Waals surface area contributed by atoms with Gasteiger partial charge in [-0.25, -0.2) is 0 Å². The van der Waals surface area contributed by atoms with E-state index in [0.717, 1.165) is 18.4 Å². The summed E-state index contributed by atoms with van der Waals surface area (Å²) in [6.07, 6.45) is 8.74. The lowest BCUT2D eigenvalue weighted by molar-refractivity contribution is -0.137. The molecule has 0 amide bonds. The van der Waals surface area contributed by atoms with Crippen LogP contribution in [0.4, 0.5) is 0 Å². The van der Waals surface area contributed by atoms with Crippen LogP contribution in [0.5, 0.6) is 0 Å². The molecule has 0 radical (unpaired) electrons. The quantitative estimate of drug-likeness (QED) is 0.635. The molecule has 0 bridgehead atoms. The zero-order valence-electron chi connectivity index (χ0n) is 10.9. The highest BCUT2D eigenvalue weighted by molar-refractivity contribution is 8.00. The smallest absolute Gasteiger partial charge is 0.303 e. The summed E-state index contributed by atoms with van der Waals surface area (Å²) in [5, 5.41) is 17.4. The van der Waals surface area contributed by atoms with Gasteiger partial charge >= 0.3 is 5.97 Å². The number of aliphatic hydroxyl groups excluding tert-OH is 1. The van der Waals surface area contributed by atoms with E-state index in [2.05, 4.69) is 0 Å². The van der Waals surface area contributed by atoms with Gasteiger partial charge < -0.3 is 10.2 Å². The third-order valence-corrected chi connectivity index (χ3v) is 3.96. The molecule has 0 aliphatic heterocycles. The molecule has 2 N–H and O–H groups in total. The normalized spacial score (nSPS) is 19.1. The number of carboxylic acid groups (broad SMARTS) is 1. The second-order valence-electron chi connectivity index (χ2n) is 4.42. The lowest BCUT2D eigenvalue weighted by Crippen LogP contribution is -2.01. The number of carboxylic acids is 1. The summed E-state index contributed by atoms with van der Waals surface area (Å²) in [6.45, 7) is 0.137. The van der Waals surface area contributed by atoms with Crippen LogP contribution in [0, 0.1) is 0 Å². The molecular formula is C14H20O4S. The van der Waals surface area contributed by atoms with Crippen molar-refractivity contribution in [1.29, 1.82) is 0 Å². The highest BCUT2D eigenvalue weighted by Gasteiger charge is 2.22. The van der Waals surface area contributed by atoms with E-state index in [4.69, 9.17) is 10.2 Å². The lowest BCUT2D eigenvalue weighted by Gasteiger charge is -2.02.